The fourth-order valence-corrected chi connectivity index (χ4v) is 1.10. The van der Waals surface area contributed by atoms with Gasteiger partial charge >= 0.3 is 17.9 Å². The lowest BCUT2D eigenvalue weighted by Gasteiger charge is -2.01. The lowest BCUT2D eigenvalue weighted by Crippen LogP contribution is -2.17. The van der Waals surface area contributed by atoms with E-state index in [-0.39, 0.29) is 18.6 Å². The van der Waals surface area contributed by atoms with Gasteiger partial charge in [-0.1, -0.05) is 39.5 Å². The molecule has 20 heavy (non-hydrogen) atoms. The third-order valence-electron chi connectivity index (χ3n) is 2.30. The molecule has 0 radical (unpaired) electrons. The summed E-state index contributed by atoms with van der Waals surface area (Å²) in [5.41, 5.74) is -0.241. The number of rotatable bonds is 8. The molecule has 0 unspecified atom stereocenters. The first-order chi connectivity index (χ1) is 9.34. The van der Waals surface area contributed by atoms with Crippen molar-refractivity contribution in [3.05, 3.63) is 0 Å². The highest BCUT2D eigenvalue weighted by atomic mass is 16.6. The number of carbonyl (C=O) groups is 3. The third-order valence-corrected chi connectivity index (χ3v) is 2.30. The number of carbonyl (C=O) groups excluding carboxylic acids is 2. The summed E-state index contributed by atoms with van der Waals surface area (Å²) in [6.07, 6.45) is 5.68. The van der Waals surface area contributed by atoms with Gasteiger partial charge in [0.05, 0.1) is 0 Å². The van der Waals surface area contributed by atoms with Crippen LogP contribution in [0.4, 0.5) is 0 Å². The Morgan fingerprint density at radius 3 is 1.95 bits per heavy atom. The molecular weight excluding hydrogens is 262 g/mol. The molecule has 0 fully saturated rings. The molecule has 0 aliphatic heterocycles. The van der Waals surface area contributed by atoms with Crippen molar-refractivity contribution in [2.75, 3.05) is 0 Å². The normalized spacial score (nSPS) is 9.15. The predicted octanol–water partition coefficient (Wildman–Crippen LogP) is 2.94. The summed E-state index contributed by atoms with van der Waals surface area (Å²) in [5.74, 6) is -2.11. The Hall–Kier alpha value is -1.72. The lowest BCUT2D eigenvalue weighted by molar-refractivity contribution is -0.155. The molecule has 0 aliphatic rings. The molecule has 0 spiro atoms. The molecule has 2 N–H and O–H groups in total. The maximum Gasteiger partial charge on any atom is 0.359 e. The van der Waals surface area contributed by atoms with Crippen molar-refractivity contribution < 1.29 is 24.2 Å². The molecule has 0 bridgehead atoms. The summed E-state index contributed by atoms with van der Waals surface area (Å²) in [4.78, 5) is 31.2. The Kier molecular flexibility index (Phi) is 14.1. The molecule has 0 atom stereocenters. The largest absolute Gasteiger partial charge is 0.481 e. The van der Waals surface area contributed by atoms with E-state index in [4.69, 9.17) is 10.5 Å². The second-order valence-electron chi connectivity index (χ2n) is 4.30. The average molecular weight is 287 g/mol. The number of esters is 2. The maximum atomic E-state index is 11.1. The molecule has 0 amide bonds. The van der Waals surface area contributed by atoms with Gasteiger partial charge in [-0.15, -0.1) is 0 Å². The van der Waals surface area contributed by atoms with E-state index in [2.05, 4.69) is 11.7 Å². The number of unbranched alkanes of at least 4 members (excludes halogenated alkanes) is 4. The van der Waals surface area contributed by atoms with Crippen molar-refractivity contribution in [3.8, 4) is 0 Å². The van der Waals surface area contributed by atoms with Crippen LogP contribution < -0.4 is 0 Å². The van der Waals surface area contributed by atoms with Crippen LogP contribution in [0.15, 0.2) is 0 Å². The zero-order valence-corrected chi connectivity index (χ0v) is 12.5. The van der Waals surface area contributed by atoms with E-state index in [1.165, 1.54) is 13.3 Å². The summed E-state index contributed by atoms with van der Waals surface area (Å²) < 4.78 is 4.42. The van der Waals surface area contributed by atoms with Gasteiger partial charge in [0, 0.05) is 12.8 Å². The Labute approximate surface area is 120 Å². The van der Waals surface area contributed by atoms with Crippen molar-refractivity contribution in [1.29, 1.82) is 5.41 Å². The number of carboxylic acid groups (broad SMARTS) is 1. The van der Waals surface area contributed by atoms with Gasteiger partial charge in [-0.05, 0) is 13.3 Å². The van der Waals surface area contributed by atoms with E-state index in [1.807, 2.05) is 0 Å². The van der Waals surface area contributed by atoms with Crippen molar-refractivity contribution >= 4 is 23.6 Å². The minimum atomic E-state index is -0.839. The van der Waals surface area contributed by atoms with Gasteiger partial charge in [-0.25, -0.2) is 4.79 Å². The lowest BCUT2D eigenvalue weighted by atomic mass is 10.1. The fourth-order valence-electron chi connectivity index (χ4n) is 1.10. The molecule has 0 aliphatic carbocycles. The standard InChI is InChI=1S/C11H19NO3.C3H6O2/c1-3-4-5-6-7-8-10(13)15-11(14)9(2)12;1-2-3(4)5/h12H,3-8H2,1-2H3;2H2,1H3,(H,4,5). The van der Waals surface area contributed by atoms with Crippen LogP contribution in [0.2, 0.25) is 0 Å². The SMILES string of the molecule is CCC(=O)O.CCCCCCCC(=O)OC(=O)C(C)=N. The molecule has 0 aromatic rings. The van der Waals surface area contributed by atoms with Crippen LogP contribution in [0.1, 0.15) is 65.7 Å². The number of ether oxygens (including phenoxy) is 1. The molecule has 0 aromatic heterocycles. The second-order valence-corrected chi connectivity index (χ2v) is 4.30. The number of carboxylic acids is 1. The van der Waals surface area contributed by atoms with E-state index < -0.39 is 17.9 Å². The van der Waals surface area contributed by atoms with Gasteiger partial charge in [0.15, 0.2) is 0 Å². The maximum absolute atomic E-state index is 11.1. The van der Waals surface area contributed by atoms with Crippen LogP contribution in [-0.4, -0.2) is 28.7 Å². The average Bonchev–Trinajstić information content (AvgIpc) is 2.38. The van der Waals surface area contributed by atoms with Crippen LogP contribution in [0.3, 0.4) is 0 Å². The second kappa shape index (κ2) is 13.7. The molecule has 0 saturated heterocycles. The minimum absolute atomic E-state index is 0.222. The molecule has 0 rings (SSSR count). The van der Waals surface area contributed by atoms with Crippen LogP contribution in [0, 0.1) is 5.41 Å². The summed E-state index contributed by atoms with van der Waals surface area (Å²) in [6.45, 7) is 5.03. The van der Waals surface area contributed by atoms with Crippen LogP contribution in [0.25, 0.3) is 0 Å². The highest BCUT2D eigenvalue weighted by Gasteiger charge is 2.11. The first-order valence-corrected chi connectivity index (χ1v) is 6.87. The monoisotopic (exact) mass is 287 g/mol. The first-order valence-electron chi connectivity index (χ1n) is 6.87. The van der Waals surface area contributed by atoms with Gasteiger partial charge < -0.3 is 9.84 Å². The van der Waals surface area contributed by atoms with Crippen LogP contribution in [-0.2, 0) is 19.1 Å². The van der Waals surface area contributed by atoms with Crippen molar-refractivity contribution in [1.82, 2.24) is 0 Å². The first kappa shape index (κ1) is 20.6. The van der Waals surface area contributed by atoms with Gasteiger partial charge in [-0.3, -0.25) is 15.0 Å². The number of nitrogens with one attached hydrogen (secondary N) is 1. The molecule has 0 heterocycles. The van der Waals surface area contributed by atoms with E-state index in [0.717, 1.165) is 25.7 Å². The molecule has 6 nitrogen and oxygen atoms in total. The van der Waals surface area contributed by atoms with Crippen LogP contribution in [0.5, 0.6) is 0 Å². The molecule has 116 valence electrons. The van der Waals surface area contributed by atoms with Gasteiger partial charge in [0.2, 0.25) is 0 Å². The highest BCUT2D eigenvalue weighted by Crippen LogP contribution is 2.05. The van der Waals surface area contributed by atoms with Gasteiger partial charge in [0.25, 0.3) is 0 Å². The summed E-state index contributed by atoms with van der Waals surface area (Å²) in [7, 11) is 0. The summed E-state index contributed by atoms with van der Waals surface area (Å²) in [6, 6.07) is 0. The van der Waals surface area contributed by atoms with Crippen molar-refractivity contribution in [2.45, 2.75) is 65.7 Å². The van der Waals surface area contributed by atoms with Gasteiger partial charge in [-0.2, -0.15) is 0 Å². The zero-order chi connectivity index (χ0) is 16.0. The summed E-state index contributed by atoms with van der Waals surface area (Å²) >= 11 is 0. The number of aliphatic carboxylic acids is 1. The Morgan fingerprint density at radius 1 is 1.05 bits per heavy atom. The molecular formula is C14H25NO5. The highest BCUT2D eigenvalue weighted by molar-refractivity contribution is 6.35. The number of hydrogen-bond donors (Lipinski definition) is 2. The molecule has 0 aromatic carbocycles. The summed E-state index contributed by atoms with van der Waals surface area (Å²) in [5, 5.41) is 14.7. The van der Waals surface area contributed by atoms with E-state index >= 15 is 0 Å². The quantitative estimate of drug-likeness (QED) is 0.309. The van der Waals surface area contributed by atoms with Crippen molar-refractivity contribution in [2.24, 2.45) is 0 Å². The van der Waals surface area contributed by atoms with Crippen molar-refractivity contribution in [3.63, 3.8) is 0 Å². The Morgan fingerprint density at radius 2 is 1.55 bits per heavy atom. The Bertz CT molecular complexity index is 326. The number of hydrogen-bond acceptors (Lipinski definition) is 5. The van der Waals surface area contributed by atoms with E-state index in [0.29, 0.717) is 0 Å². The topological polar surface area (TPSA) is 105 Å². The molecule has 6 heteroatoms. The third kappa shape index (κ3) is 16.3. The van der Waals surface area contributed by atoms with Gasteiger partial charge in [0.1, 0.15) is 5.71 Å². The smallest absolute Gasteiger partial charge is 0.359 e. The minimum Gasteiger partial charge on any atom is -0.481 e. The zero-order valence-electron chi connectivity index (χ0n) is 12.5. The predicted molar refractivity (Wildman–Crippen MR) is 75.8 cm³/mol. The van der Waals surface area contributed by atoms with E-state index in [9.17, 15) is 14.4 Å². The van der Waals surface area contributed by atoms with E-state index in [1.54, 1.807) is 6.92 Å². The Balaban J connectivity index is 0. The van der Waals surface area contributed by atoms with Crippen LogP contribution >= 0.6 is 0 Å². The fraction of sp³-hybridized carbons (Fsp3) is 0.714. The molecule has 0 saturated carbocycles.